The van der Waals surface area contributed by atoms with E-state index in [9.17, 15) is 4.79 Å². The quantitative estimate of drug-likeness (QED) is 0.707. The molecule has 1 heterocycles. The number of hydrogen-bond donors (Lipinski definition) is 0. The Balaban J connectivity index is 2.46. The molecule has 0 unspecified atom stereocenters. The van der Waals surface area contributed by atoms with Crippen molar-refractivity contribution in [3.05, 3.63) is 36.0 Å². The molecule has 72 valence electrons. The zero-order valence-electron chi connectivity index (χ0n) is 8.45. The Kier molecular flexibility index (Phi) is 2.12. The van der Waals surface area contributed by atoms with Crippen molar-refractivity contribution in [1.29, 1.82) is 0 Å². The molecule has 0 aliphatic carbocycles. The lowest BCUT2D eigenvalue weighted by Gasteiger charge is -1.99. The third kappa shape index (κ3) is 1.55. The van der Waals surface area contributed by atoms with Crippen molar-refractivity contribution in [2.24, 2.45) is 7.05 Å². The Morgan fingerprint density at radius 2 is 2.14 bits per heavy atom. The fraction of sp³-hybridized carbons (Fsp3) is 0.250. The number of aryl methyl sites for hydroxylation is 1. The van der Waals surface area contributed by atoms with Gasteiger partial charge in [-0.2, -0.15) is 0 Å². The standard InChI is InChI=1S/C12H13NO/c1-9(14)7-10-3-4-12-11(8-10)5-6-13(12)2/h3-6,8H,7H2,1-2H3. The molecule has 2 nitrogen and oxygen atoms in total. The van der Waals surface area contributed by atoms with Gasteiger partial charge < -0.3 is 4.57 Å². The van der Waals surface area contributed by atoms with E-state index in [0.717, 1.165) is 5.56 Å². The van der Waals surface area contributed by atoms with Crippen molar-refractivity contribution in [2.45, 2.75) is 13.3 Å². The van der Waals surface area contributed by atoms with Crippen LogP contribution < -0.4 is 0 Å². The number of hydrogen-bond acceptors (Lipinski definition) is 1. The van der Waals surface area contributed by atoms with Crippen molar-refractivity contribution < 1.29 is 4.79 Å². The first-order chi connectivity index (χ1) is 6.66. The molecule has 0 spiro atoms. The fourth-order valence-corrected chi connectivity index (χ4v) is 1.73. The molecule has 14 heavy (non-hydrogen) atoms. The van der Waals surface area contributed by atoms with Crippen LogP contribution in [0.4, 0.5) is 0 Å². The molecule has 2 rings (SSSR count). The minimum atomic E-state index is 0.209. The van der Waals surface area contributed by atoms with Crippen molar-refractivity contribution >= 4 is 16.7 Å². The molecule has 1 aromatic carbocycles. The molecule has 0 atom stereocenters. The maximum absolute atomic E-state index is 10.9. The SMILES string of the molecule is CC(=O)Cc1ccc2c(ccn2C)c1. The maximum Gasteiger partial charge on any atom is 0.134 e. The van der Waals surface area contributed by atoms with E-state index in [0.29, 0.717) is 6.42 Å². The molecular weight excluding hydrogens is 174 g/mol. The monoisotopic (exact) mass is 187 g/mol. The average Bonchev–Trinajstić information content (AvgIpc) is 2.46. The fourth-order valence-electron chi connectivity index (χ4n) is 1.73. The van der Waals surface area contributed by atoms with Gasteiger partial charge in [-0.15, -0.1) is 0 Å². The molecule has 2 heteroatoms. The first-order valence-electron chi connectivity index (χ1n) is 4.70. The van der Waals surface area contributed by atoms with Crippen LogP contribution in [0.15, 0.2) is 30.5 Å². The Labute approximate surface area is 83.2 Å². The van der Waals surface area contributed by atoms with Crippen LogP contribution in [0, 0.1) is 0 Å². The number of nitrogens with zero attached hydrogens (tertiary/aromatic N) is 1. The number of benzene rings is 1. The lowest BCUT2D eigenvalue weighted by atomic mass is 10.1. The van der Waals surface area contributed by atoms with Crippen molar-refractivity contribution in [3.63, 3.8) is 0 Å². The zero-order valence-corrected chi connectivity index (χ0v) is 8.45. The summed E-state index contributed by atoms with van der Waals surface area (Å²) in [5.74, 6) is 0.209. The van der Waals surface area contributed by atoms with Crippen LogP contribution in [0.2, 0.25) is 0 Å². The summed E-state index contributed by atoms with van der Waals surface area (Å²) in [5, 5.41) is 1.20. The van der Waals surface area contributed by atoms with E-state index in [1.54, 1.807) is 6.92 Å². The van der Waals surface area contributed by atoms with Gasteiger partial charge in [0.2, 0.25) is 0 Å². The predicted molar refractivity (Wildman–Crippen MR) is 57.3 cm³/mol. The number of ketones is 1. The Hall–Kier alpha value is -1.57. The summed E-state index contributed by atoms with van der Waals surface area (Å²) in [6, 6.07) is 8.23. The highest BCUT2D eigenvalue weighted by Gasteiger charge is 2.01. The van der Waals surface area contributed by atoms with E-state index < -0.39 is 0 Å². The highest BCUT2D eigenvalue weighted by Crippen LogP contribution is 2.16. The third-order valence-electron chi connectivity index (χ3n) is 2.40. The lowest BCUT2D eigenvalue weighted by molar-refractivity contribution is -0.116. The second kappa shape index (κ2) is 3.29. The van der Waals surface area contributed by atoms with Gasteiger partial charge in [-0.1, -0.05) is 6.07 Å². The van der Waals surface area contributed by atoms with E-state index >= 15 is 0 Å². The minimum Gasteiger partial charge on any atom is -0.351 e. The van der Waals surface area contributed by atoms with Gasteiger partial charge in [-0.25, -0.2) is 0 Å². The van der Waals surface area contributed by atoms with E-state index in [-0.39, 0.29) is 5.78 Å². The molecule has 0 radical (unpaired) electrons. The molecule has 0 amide bonds. The predicted octanol–water partition coefficient (Wildman–Crippen LogP) is 2.31. The second-order valence-corrected chi connectivity index (χ2v) is 3.70. The van der Waals surface area contributed by atoms with E-state index in [1.807, 2.05) is 19.3 Å². The van der Waals surface area contributed by atoms with Crippen molar-refractivity contribution in [1.82, 2.24) is 4.57 Å². The molecule has 0 aliphatic heterocycles. The van der Waals surface area contributed by atoms with Gasteiger partial charge in [0.25, 0.3) is 0 Å². The van der Waals surface area contributed by atoms with E-state index in [1.165, 1.54) is 10.9 Å². The van der Waals surface area contributed by atoms with Gasteiger partial charge >= 0.3 is 0 Å². The number of carbonyl (C=O) groups excluding carboxylic acids is 1. The largest absolute Gasteiger partial charge is 0.351 e. The van der Waals surface area contributed by atoms with Crippen molar-refractivity contribution in [3.8, 4) is 0 Å². The highest BCUT2D eigenvalue weighted by molar-refractivity contribution is 5.83. The topological polar surface area (TPSA) is 22.0 Å². The zero-order chi connectivity index (χ0) is 10.1. The summed E-state index contributed by atoms with van der Waals surface area (Å²) in [6.45, 7) is 1.62. The van der Waals surface area contributed by atoms with Gasteiger partial charge in [0, 0.05) is 25.2 Å². The van der Waals surface area contributed by atoms with Gasteiger partial charge in [0.15, 0.2) is 0 Å². The van der Waals surface area contributed by atoms with Crippen LogP contribution >= 0.6 is 0 Å². The molecule has 0 N–H and O–H groups in total. The molecule has 0 saturated carbocycles. The van der Waals surface area contributed by atoms with Crippen molar-refractivity contribution in [2.75, 3.05) is 0 Å². The Bertz CT molecular complexity index is 482. The number of Topliss-reactive ketones (excluding diaryl/α,β-unsaturated/α-hetero) is 1. The average molecular weight is 187 g/mol. The molecule has 2 aromatic rings. The normalized spacial score (nSPS) is 10.7. The number of fused-ring (bicyclic) bond motifs is 1. The number of rotatable bonds is 2. The van der Waals surface area contributed by atoms with E-state index in [2.05, 4.69) is 22.8 Å². The maximum atomic E-state index is 10.9. The van der Waals surface area contributed by atoms with Gasteiger partial charge in [0.1, 0.15) is 5.78 Å². The molecule has 0 bridgehead atoms. The van der Waals surface area contributed by atoms with Crippen LogP contribution in [0.3, 0.4) is 0 Å². The van der Waals surface area contributed by atoms with E-state index in [4.69, 9.17) is 0 Å². The van der Waals surface area contributed by atoms with Crippen LogP contribution in [0.1, 0.15) is 12.5 Å². The third-order valence-corrected chi connectivity index (χ3v) is 2.40. The van der Waals surface area contributed by atoms with Gasteiger partial charge in [-0.05, 0) is 36.1 Å². The summed E-state index contributed by atoms with van der Waals surface area (Å²) in [7, 11) is 2.02. The summed E-state index contributed by atoms with van der Waals surface area (Å²) in [4.78, 5) is 10.9. The summed E-state index contributed by atoms with van der Waals surface area (Å²) >= 11 is 0. The van der Waals surface area contributed by atoms with Crippen LogP contribution in [0.5, 0.6) is 0 Å². The molecule has 0 aliphatic rings. The molecule has 0 saturated heterocycles. The van der Waals surface area contributed by atoms with Crippen LogP contribution in [0.25, 0.3) is 10.9 Å². The molecule has 1 aromatic heterocycles. The first kappa shape index (κ1) is 9.00. The van der Waals surface area contributed by atoms with Gasteiger partial charge in [-0.3, -0.25) is 4.79 Å². The Morgan fingerprint density at radius 1 is 1.36 bits per heavy atom. The highest BCUT2D eigenvalue weighted by atomic mass is 16.1. The molecular formula is C12H13NO. The number of aromatic nitrogens is 1. The number of carbonyl (C=O) groups is 1. The first-order valence-corrected chi connectivity index (χ1v) is 4.70. The van der Waals surface area contributed by atoms with Crippen LogP contribution in [-0.4, -0.2) is 10.4 Å². The molecule has 0 fully saturated rings. The second-order valence-electron chi connectivity index (χ2n) is 3.70. The lowest BCUT2D eigenvalue weighted by Crippen LogP contribution is -1.95. The summed E-state index contributed by atoms with van der Waals surface area (Å²) in [6.07, 6.45) is 2.56. The summed E-state index contributed by atoms with van der Waals surface area (Å²) < 4.78 is 2.08. The summed E-state index contributed by atoms with van der Waals surface area (Å²) in [5.41, 5.74) is 2.30. The minimum absolute atomic E-state index is 0.209. The smallest absolute Gasteiger partial charge is 0.134 e. The Morgan fingerprint density at radius 3 is 2.86 bits per heavy atom. The van der Waals surface area contributed by atoms with Gasteiger partial charge in [0.05, 0.1) is 0 Å². The van der Waals surface area contributed by atoms with Crippen LogP contribution in [-0.2, 0) is 18.3 Å².